The Morgan fingerprint density at radius 3 is 2.45 bits per heavy atom. The lowest BCUT2D eigenvalue weighted by molar-refractivity contribution is -0.186. The number of halogens is 3. The SMILES string of the molecule is C[C@H](N)CN(Cc1cccc2ccccc12)C(=O)C(F)(F)F. The summed E-state index contributed by atoms with van der Waals surface area (Å²) in [5.74, 6) is -1.86. The summed E-state index contributed by atoms with van der Waals surface area (Å²) in [6.45, 7) is 1.29. The summed E-state index contributed by atoms with van der Waals surface area (Å²) in [4.78, 5) is 12.3. The first-order valence-electron chi connectivity index (χ1n) is 6.87. The molecule has 0 aliphatic heterocycles. The Labute approximate surface area is 126 Å². The third-order valence-corrected chi connectivity index (χ3v) is 3.28. The van der Waals surface area contributed by atoms with Crippen LogP contribution < -0.4 is 5.73 Å². The summed E-state index contributed by atoms with van der Waals surface area (Å²) in [6.07, 6.45) is -4.90. The molecule has 0 aliphatic rings. The molecule has 2 N–H and O–H groups in total. The predicted molar refractivity (Wildman–Crippen MR) is 79.1 cm³/mol. The number of hydrogen-bond donors (Lipinski definition) is 1. The van der Waals surface area contributed by atoms with Gasteiger partial charge in [0.25, 0.3) is 0 Å². The molecule has 0 unspecified atom stereocenters. The van der Waals surface area contributed by atoms with Crippen LogP contribution in [0.5, 0.6) is 0 Å². The standard InChI is InChI=1S/C16H17F3N2O/c1-11(20)9-21(15(22)16(17,18)19)10-13-7-4-6-12-5-2-3-8-14(12)13/h2-8,11H,9-10,20H2,1H3/t11-/m0/s1. The zero-order valence-corrected chi connectivity index (χ0v) is 12.1. The highest BCUT2D eigenvalue weighted by Crippen LogP contribution is 2.23. The lowest BCUT2D eigenvalue weighted by Crippen LogP contribution is -2.45. The normalized spacial score (nSPS) is 13.1. The van der Waals surface area contributed by atoms with E-state index in [1.165, 1.54) is 0 Å². The van der Waals surface area contributed by atoms with Crippen LogP contribution in [-0.4, -0.2) is 29.6 Å². The van der Waals surface area contributed by atoms with Crippen molar-refractivity contribution in [2.45, 2.75) is 25.7 Å². The van der Waals surface area contributed by atoms with E-state index in [-0.39, 0.29) is 13.1 Å². The van der Waals surface area contributed by atoms with Crippen molar-refractivity contribution in [3.63, 3.8) is 0 Å². The molecule has 1 atom stereocenters. The van der Waals surface area contributed by atoms with E-state index in [0.29, 0.717) is 5.56 Å². The first-order valence-corrected chi connectivity index (χ1v) is 6.87. The number of nitrogens with two attached hydrogens (primary N) is 1. The maximum Gasteiger partial charge on any atom is 0.471 e. The van der Waals surface area contributed by atoms with Crippen molar-refractivity contribution in [3.8, 4) is 0 Å². The van der Waals surface area contributed by atoms with Crippen molar-refractivity contribution < 1.29 is 18.0 Å². The maximum absolute atomic E-state index is 12.7. The number of rotatable bonds is 4. The molecule has 0 saturated heterocycles. The van der Waals surface area contributed by atoms with Gasteiger partial charge in [0.1, 0.15) is 0 Å². The second-order valence-corrected chi connectivity index (χ2v) is 5.30. The van der Waals surface area contributed by atoms with Crippen LogP contribution in [0.25, 0.3) is 10.8 Å². The Balaban J connectivity index is 2.35. The number of hydrogen-bond acceptors (Lipinski definition) is 2. The summed E-state index contributed by atoms with van der Waals surface area (Å²) in [5, 5.41) is 1.75. The Kier molecular flexibility index (Phi) is 4.71. The van der Waals surface area contributed by atoms with Gasteiger partial charge in [0.2, 0.25) is 0 Å². The molecule has 1 amide bonds. The van der Waals surface area contributed by atoms with E-state index < -0.39 is 18.1 Å². The molecule has 0 aromatic heterocycles. The highest BCUT2D eigenvalue weighted by atomic mass is 19.4. The van der Waals surface area contributed by atoms with Crippen LogP contribution in [0.1, 0.15) is 12.5 Å². The number of carbonyl (C=O) groups is 1. The quantitative estimate of drug-likeness (QED) is 0.943. The first kappa shape index (κ1) is 16.3. The summed E-state index contributed by atoms with van der Waals surface area (Å²) in [6, 6.07) is 12.2. The third kappa shape index (κ3) is 3.76. The monoisotopic (exact) mass is 310 g/mol. The molecule has 0 heterocycles. The van der Waals surface area contributed by atoms with Gasteiger partial charge in [-0.25, -0.2) is 0 Å². The molecule has 118 valence electrons. The number of benzene rings is 2. The second-order valence-electron chi connectivity index (χ2n) is 5.30. The molecule has 2 aromatic carbocycles. The van der Waals surface area contributed by atoms with Crippen molar-refractivity contribution in [2.75, 3.05) is 6.54 Å². The molecule has 0 fully saturated rings. The van der Waals surface area contributed by atoms with Gasteiger partial charge >= 0.3 is 12.1 Å². The maximum atomic E-state index is 12.7. The van der Waals surface area contributed by atoms with Crippen molar-refractivity contribution >= 4 is 16.7 Å². The van der Waals surface area contributed by atoms with E-state index in [1.807, 2.05) is 30.3 Å². The van der Waals surface area contributed by atoms with Gasteiger partial charge in [-0.3, -0.25) is 4.79 Å². The predicted octanol–water partition coefficient (Wildman–Crippen LogP) is 3.08. The van der Waals surface area contributed by atoms with E-state index in [9.17, 15) is 18.0 Å². The van der Waals surface area contributed by atoms with E-state index in [1.54, 1.807) is 19.1 Å². The average molecular weight is 310 g/mol. The minimum atomic E-state index is -4.90. The van der Waals surface area contributed by atoms with Gasteiger partial charge in [-0.2, -0.15) is 13.2 Å². The minimum Gasteiger partial charge on any atom is -0.329 e. The fraction of sp³-hybridized carbons (Fsp3) is 0.312. The fourth-order valence-corrected chi connectivity index (χ4v) is 2.38. The molecule has 2 rings (SSSR count). The molecule has 0 bridgehead atoms. The summed E-state index contributed by atoms with van der Waals surface area (Å²) in [7, 11) is 0. The molecular weight excluding hydrogens is 293 g/mol. The lowest BCUT2D eigenvalue weighted by atomic mass is 10.0. The van der Waals surface area contributed by atoms with Gasteiger partial charge in [-0.15, -0.1) is 0 Å². The molecule has 3 nitrogen and oxygen atoms in total. The van der Waals surface area contributed by atoms with Gasteiger partial charge in [-0.1, -0.05) is 42.5 Å². The third-order valence-electron chi connectivity index (χ3n) is 3.28. The van der Waals surface area contributed by atoms with Crippen LogP contribution in [0, 0.1) is 0 Å². The summed E-state index contributed by atoms with van der Waals surface area (Å²) >= 11 is 0. The Bertz CT molecular complexity index is 662. The van der Waals surface area contributed by atoms with Gasteiger partial charge in [0.05, 0.1) is 0 Å². The van der Waals surface area contributed by atoms with Crippen molar-refractivity contribution in [3.05, 3.63) is 48.0 Å². The largest absolute Gasteiger partial charge is 0.471 e. The molecule has 22 heavy (non-hydrogen) atoms. The van der Waals surface area contributed by atoms with Crippen LogP contribution in [0.2, 0.25) is 0 Å². The highest BCUT2D eigenvalue weighted by Gasteiger charge is 2.42. The minimum absolute atomic E-state index is 0.124. The van der Waals surface area contributed by atoms with E-state index in [0.717, 1.165) is 15.7 Å². The zero-order chi connectivity index (χ0) is 16.3. The van der Waals surface area contributed by atoms with Crippen LogP contribution in [0.3, 0.4) is 0 Å². The smallest absolute Gasteiger partial charge is 0.329 e. The number of amides is 1. The molecule has 0 spiro atoms. The van der Waals surface area contributed by atoms with Crippen LogP contribution in [0.4, 0.5) is 13.2 Å². The number of alkyl halides is 3. The fourth-order valence-electron chi connectivity index (χ4n) is 2.38. The van der Waals surface area contributed by atoms with E-state index in [4.69, 9.17) is 5.73 Å². The number of carbonyl (C=O) groups excluding carboxylic acids is 1. The second kappa shape index (κ2) is 6.36. The Morgan fingerprint density at radius 2 is 1.82 bits per heavy atom. The molecule has 0 saturated carbocycles. The van der Waals surface area contributed by atoms with E-state index >= 15 is 0 Å². The van der Waals surface area contributed by atoms with E-state index in [2.05, 4.69) is 0 Å². The topological polar surface area (TPSA) is 46.3 Å². The molecule has 0 radical (unpaired) electrons. The van der Waals surface area contributed by atoms with Gasteiger partial charge in [0, 0.05) is 19.1 Å². The average Bonchev–Trinajstić information content (AvgIpc) is 2.44. The first-order chi connectivity index (χ1) is 10.3. The lowest BCUT2D eigenvalue weighted by Gasteiger charge is -2.26. The molecule has 2 aromatic rings. The zero-order valence-electron chi connectivity index (χ0n) is 12.1. The number of nitrogens with zero attached hydrogens (tertiary/aromatic N) is 1. The molecular formula is C16H17F3N2O. The summed E-state index contributed by atoms with van der Waals surface area (Å²) in [5.41, 5.74) is 6.24. The van der Waals surface area contributed by atoms with Crippen molar-refractivity contribution in [1.29, 1.82) is 0 Å². The van der Waals surface area contributed by atoms with Gasteiger partial charge < -0.3 is 10.6 Å². The van der Waals surface area contributed by atoms with Crippen molar-refractivity contribution in [2.24, 2.45) is 5.73 Å². The molecule has 0 aliphatic carbocycles. The highest BCUT2D eigenvalue weighted by molar-refractivity contribution is 5.87. The van der Waals surface area contributed by atoms with Crippen LogP contribution in [0.15, 0.2) is 42.5 Å². The van der Waals surface area contributed by atoms with Crippen LogP contribution >= 0.6 is 0 Å². The summed E-state index contributed by atoms with van der Waals surface area (Å²) < 4.78 is 38.2. The number of fused-ring (bicyclic) bond motifs is 1. The van der Waals surface area contributed by atoms with Gasteiger partial charge in [-0.05, 0) is 23.3 Å². The molecule has 6 heteroatoms. The Hall–Kier alpha value is -2.08. The van der Waals surface area contributed by atoms with Crippen LogP contribution in [-0.2, 0) is 11.3 Å². The Morgan fingerprint density at radius 1 is 1.18 bits per heavy atom. The van der Waals surface area contributed by atoms with Gasteiger partial charge in [0.15, 0.2) is 0 Å². The van der Waals surface area contributed by atoms with Crippen molar-refractivity contribution in [1.82, 2.24) is 4.90 Å².